The molecule has 3 atom stereocenters. The zero-order valence-electron chi connectivity index (χ0n) is 17.6. The van der Waals surface area contributed by atoms with Gasteiger partial charge >= 0.3 is 0 Å². The van der Waals surface area contributed by atoms with E-state index < -0.39 is 31.0 Å². The van der Waals surface area contributed by atoms with Crippen LogP contribution in [0.2, 0.25) is 0 Å². The second-order valence-electron chi connectivity index (χ2n) is 7.74. The van der Waals surface area contributed by atoms with Crippen LogP contribution in [0.4, 0.5) is 0 Å². The highest BCUT2D eigenvalue weighted by molar-refractivity contribution is 7.96. The molecule has 30 heavy (non-hydrogen) atoms. The normalized spacial score (nSPS) is 22.4. The Morgan fingerprint density at radius 3 is 2.37 bits per heavy atom. The number of nitrogens with one attached hydrogen (secondary N) is 1. The summed E-state index contributed by atoms with van der Waals surface area (Å²) in [5, 5.41) is 2.24. The van der Waals surface area contributed by atoms with Crippen LogP contribution >= 0.6 is 0 Å². The van der Waals surface area contributed by atoms with Crippen molar-refractivity contribution in [3.05, 3.63) is 54.0 Å². The highest BCUT2D eigenvalue weighted by atomic mass is 32.2. The summed E-state index contributed by atoms with van der Waals surface area (Å²) in [7, 11) is -7.24. The van der Waals surface area contributed by atoms with Crippen LogP contribution in [0.15, 0.2) is 52.0 Å². The van der Waals surface area contributed by atoms with Crippen molar-refractivity contribution < 1.29 is 21.3 Å². The number of hydrogen-bond acceptors (Lipinski definition) is 7. The molecule has 0 amide bonds. The third kappa shape index (κ3) is 4.96. The van der Waals surface area contributed by atoms with E-state index in [1.54, 1.807) is 30.5 Å². The molecule has 1 saturated heterocycles. The fourth-order valence-electron chi connectivity index (χ4n) is 4.03. The van der Waals surface area contributed by atoms with E-state index >= 15 is 0 Å². The van der Waals surface area contributed by atoms with E-state index in [1.807, 2.05) is 32.9 Å². The Morgan fingerprint density at radius 2 is 1.80 bits per heavy atom. The summed E-state index contributed by atoms with van der Waals surface area (Å²) in [4.78, 5) is 2.35. The van der Waals surface area contributed by atoms with Gasteiger partial charge in [0.2, 0.25) is 0 Å². The van der Waals surface area contributed by atoms with Crippen LogP contribution < -0.4 is 5.32 Å². The number of benzene rings is 1. The fraction of sp³-hybridized carbons (Fsp3) is 0.524. The first-order chi connectivity index (χ1) is 14.2. The van der Waals surface area contributed by atoms with E-state index in [9.17, 15) is 16.8 Å². The molecule has 166 valence electrons. The van der Waals surface area contributed by atoms with Gasteiger partial charge in [-0.1, -0.05) is 31.5 Å². The van der Waals surface area contributed by atoms with Gasteiger partial charge in [0.05, 0.1) is 34.0 Å². The molecule has 1 N–H and O–H groups in total. The van der Waals surface area contributed by atoms with Crippen molar-refractivity contribution in [2.45, 2.75) is 43.0 Å². The summed E-state index contributed by atoms with van der Waals surface area (Å²) in [6.07, 6.45) is 1.61. The van der Waals surface area contributed by atoms with Crippen LogP contribution in [-0.2, 0) is 19.7 Å². The monoisotopic (exact) mass is 454 g/mol. The smallest absolute Gasteiger partial charge is 0.183 e. The van der Waals surface area contributed by atoms with Gasteiger partial charge in [-0.05, 0) is 44.3 Å². The number of rotatable bonds is 9. The average Bonchev–Trinajstić information content (AvgIpc) is 3.33. The molecule has 0 saturated carbocycles. The first-order valence-electron chi connectivity index (χ1n) is 10.2. The highest BCUT2D eigenvalue weighted by Gasteiger charge is 2.46. The molecule has 7 nitrogen and oxygen atoms in total. The Labute approximate surface area is 179 Å². The Bertz CT molecular complexity index is 1030. The number of nitrogens with zero attached hydrogens (tertiary/aromatic N) is 1. The molecule has 1 aromatic carbocycles. The lowest BCUT2D eigenvalue weighted by Gasteiger charge is -2.30. The molecule has 0 aliphatic carbocycles. The molecule has 1 aliphatic heterocycles. The van der Waals surface area contributed by atoms with Gasteiger partial charge in [-0.15, -0.1) is 0 Å². The summed E-state index contributed by atoms with van der Waals surface area (Å²) < 4.78 is 56.8. The minimum Gasteiger partial charge on any atom is -0.468 e. The Hall–Kier alpha value is -1.68. The largest absolute Gasteiger partial charge is 0.468 e. The summed E-state index contributed by atoms with van der Waals surface area (Å²) in [6, 6.07) is 9.48. The second-order valence-corrected chi connectivity index (χ2v) is 12.1. The third-order valence-electron chi connectivity index (χ3n) is 5.75. The van der Waals surface area contributed by atoms with Crippen molar-refractivity contribution in [1.82, 2.24) is 10.2 Å². The lowest BCUT2D eigenvalue weighted by molar-refractivity contribution is 0.185. The maximum absolute atomic E-state index is 13.2. The maximum Gasteiger partial charge on any atom is 0.183 e. The van der Waals surface area contributed by atoms with Crippen LogP contribution in [0, 0.1) is 6.92 Å². The SMILES string of the molecule is CCN(CC)C(CN[C@H]1CS(=O)(=O)C[C@@H]1S(=O)(=O)c1ccc(C)cc1)c1ccco1. The van der Waals surface area contributed by atoms with E-state index in [2.05, 4.69) is 10.2 Å². The van der Waals surface area contributed by atoms with Crippen molar-refractivity contribution in [1.29, 1.82) is 0 Å². The van der Waals surface area contributed by atoms with Crippen LogP contribution in [-0.4, -0.2) is 64.2 Å². The molecule has 0 spiro atoms. The number of aryl methyl sites for hydroxylation is 1. The van der Waals surface area contributed by atoms with Gasteiger partial charge in [-0.2, -0.15) is 0 Å². The molecule has 2 aromatic rings. The minimum atomic E-state index is -3.79. The molecular weight excluding hydrogens is 424 g/mol. The van der Waals surface area contributed by atoms with Crippen LogP contribution in [0.5, 0.6) is 0 Å². The van der Waals surface area contributed by atoms with E-state index in [-0.39, 0.29) is 22.4 Å². The summed E-state index contributed by atoms with van der Waals surface area (Å²) >= 11 is 0. The van der Waals surface area contributed by atoms with Gasteiger partial charge in [-0.3, -0.25) is 4.90 Å². The van der Waals surface area contributed by atoms with Gasteiger partial charge in [-0.25, -0.2) is 16.8 Å². The van der Waals surface area contributed by atoms with Crippen LogP contribution in [0.3, 0.4) is 0 Å². The molecule has 9 heteroatoms. The molecule has 1 unspecified atom stereocenters. The molecule has 0 bridgehead atoms. The number of hydrogen-bond donors (Lipinski definition) is 1. The number of furan rings is 1. The molecule has 1 aromatic heterocycles. The van der Waals surface area contributed by atoms with Crippen molar-refractivity contribution in [2.24, 2.45) is 0 Å². The first-order valence-corrected chi connectivity index (χ1v) is 13.6. The molecule has 1 fully saturated rings. The third-order valence-corrected chi connectivity index (χ3v) is 9.91. The molecule has 2 heterocycles. The van der Waals surface area contributed by atoms with Gasteiger partial charge in [0.15, 0.2) is 19.7 Å². The minimum absolute atomic E-state index is 0.110. The topological polar surface area (TPSA) is 96.7 Å². The second kappa shape index (κ2) is 9.21. The standard InChI is InChI=1S/C21H30N2O5S2/c1-4-23(5-2)19(20-7-6-12-28-20)13-22-18-14-29(24,25)15-21(18)30(26,27)17-10-8-16(3)9-11-17/h6-12,18-19,21-22H,4-5,13-15H2,1-3H3/t18-,19?,21-/m0/s1. The molecular formula is C21H30N2O5S2. The van der Waals surface area contributed by atoms with Crippen LogP contribution in [0.25, 0.3) is 0 Å². The number of sulfone groups is 2. The van der Waals surface area contributed by atoms with E-state index in [4.69, 9.17) is 4.42 Å². The first kappa shape index (κ1) is 23.0. The quantitative estimate of drug-likeness (QED) is 0.620. The summed E-state index contributed by atoms with van der Waals surface area (Å²) in [5.74, 6) is 0.216. The lowest BCUT2D eigenvalue weighted by atomic mass is 10.1. The Kier molecular flexibility index (Phi) is 7.06. The van der Waals surface area contributed by atoms with Crippen LogP contribution in [0.1, 0.15) is 31.2 Å². The van der Waals surface area contributed by atoms with Gasteiger partial charge in [0.25, 0.3) is 0 Å². The van der Waals surface area contributed by atoms with Crippen molar-refractivity contribution in [2.75, 3.05) is 31.1 Å². The van der Waals surface area contributed by atoms with Crippen molar-refractivity contribution in [3.63, 3.8) is 0 Å². The van der Waals surface area contributed by atoms with Gasteiger partial charge < -0.3 is 9.73 Å². The van der Waals surface area contributed by atoms with E-state index in [1.165, 1.54) is 0 Å². The zero-order chi connectivity index (χ0) is 21.9. The van der Waals surface area contributed by atoms with Gasteiger partial charge in [0.1, 0.15) is 5.76 Å². The molecule has 3 rings (SSSR count). The lowest BCUT2D eigenvalue weighted by Crippen LogP contribution is -2.47. The Morgan fingerprint density at radius 1 is 1.13 bits per heavy atom. The predicted molar refractivity (Wildman–Crippen MR) is 117 cm³/mol. The van der Waals surface area contributed by atoms with Gasteiger partial charge in [0, 0.05) is 12.6 Å². The van der Waals surface area contributed by atoms with E-state index in [0.717, 1.165) is 24.4 Å². The molecule has 1 aliphatic rings. The van der Waals surface area contributed by atoms with Crippen molar-refractivity contribution >= 4 is 19.7 Å². The van der Waals surface area contributed by atoms with Crippen molar-refractivity contribution in [3.8, 4) is 0 Å². The number of likely N-dealkylation sites (N-methyl/N-ethyl adjacent to an activating group) is 1. The predicted octanol–water partition coefficient (Wildman–Crippen LogP) is 2.20. The Balaban J connectivity index is 1.84. The summed E-state index contributed by atoms with van der Waals surface area (Å²) in [6.45, 7) is 7.95. The molecule has 0 radical (unpaired) electrons. The maximum atomic E-state index is 13.2. The average molecular weight is 455 g/mol. The fourth-order valence-corrected chi connectivity index (χ4v) is 8.75. The summed E-state index contributed by atoms with van der Waals surface area (Å²) in [5.41, 5.74) is 0.947. The zero-order valence-corrected chi connectivity index (χ0v) is 19.2. The highest BCUT2D eigenvalue weighted by Crippen LogP contribution is 2.27. The van der Waals surface area contributed by atoms with E-state index in [0.29, 0.717) is 6.54 Å².